The van der Waals surface area contributed by atoms with Crippen LogP contribution in [0.15, 0.2) is 54.9 Å². The van der Waals surface area contributed by atoms with Crippen molar-refractivity contribution < 1.29 is 9.18 Å². The number of carbonyl (C=O) groups is 1. The summed E-state index contributed by atoms with van der Waals surface area (Å²) in [4.78, 5) is 18.5. The second kappa shape index (κ2) is 7.57. The maximum absolute atomic E-state index is 13.1. The van der Waals surface area contributed by atoms with Gasteiger partial charge in [-0.05, 0) is 54.8 Å². The van der Waals surface area contributed by atoms with Crippen LogP contribution in [0.3, 0.4) is 0 Å². The van der Waals surface area contributed by atoms with E-state index in [-0.39, 0.29) is 17.8 Å². The maximum Gasteiger partial charge on any atom is 0.251 e. The predicted molar refractivity (Wildman–Crippen MR) is 101 cm³/mol. The monoisotopic (exact) mass is 365 g/mol. The van der Waals surface area contributed by atoms with Crippen molar-refractivity contribution in [1.82, 2.24) is 20.5 Å². The van der Waals surface area contributed by atoms with E-state index in [0.717, 1.165) is 36.5 Å². The van der Waals surface area contributed by atoms with Crippen molar-refractivity contribution in [2.24, 2.45) is 0 Å². The molecule has 1 fully saturated rings. The fraction of sp³-hybridized carbons (Fsp3) is 0.250. The molecule has 1 aliphatic rings. The lowest BCUT2D eigenvalue weighted by atomic mass is 10.0. The van der Waals surface area contributed by atoms with Gasteiger partial charge in [0.1, 0.15) is 5.82 Å². The number of piperidine rings is 1. The average Bonchev–Trinajstić information content (AvgIpc) is 3.20. The molecule has 0 aliphatic carbocycles. The topological polar surface area (TPSA) is 73.9 Å². The van der Waals surface area contributed by atoms with Gasteiger partial charge in [0.2, 0.25) is 0 Å². The number of nitrogens with zero attached hydrogens (tertiary/aromatic N) is 3. The van der Waals surface area contributed by atoms with Gasteiger partial charge in [0, 0.05) is 43.2 Å². The Balaban J connectivity index is 1.42. The number of hydrogen-bond acceptors (Lipinski definition) is 4. The first-order valence-corrected chi connectivity index (χ1v) is 8.96. The highest BCUT2D eigenvalue weighted by Crippen LogP contribution is 2.24. The summed E-state index contributed by atoms with van der Waals surface area (Å²) in [6.45, 7) is 1.58. The van der Waals surface area contributed by atoms with Gasteiger partial charge in [0.05, 0.1) is 5.69 Å². The summed E-state index contributed by atoms with van der Waals surface area (Å²) in [6.07, 6.45) is 5.13. The van der Waals surface area contributed by atoms with Crippen molar-refractivity contribution in [3.05, 3.63) is 66.2 Å². The number of aromatic amines is 1. The van der Waals surface area contributed by atoms with Crippen LogP contribution in [0, 0.1) is 5.82 Å². The summed E-state index contributed by atoms with van der Waals surface area (Å²) >= 11 is 0. The third-order valence-corrected chi connectivity index (χ3v) is 4.74. The number of hydrogen-bond donors (Lipinski definition) is 2. The van der Waals surface area contributed by atoms with E-state index in [4.69, 9.17) is 0 Å². The number of carbonyl (C=O) groups excluding carboxylic acids is 1. The molecule has 3 aromatic rings. The highest BCUT2D eigenvalue weighted by Gasteiger charge is 2.23. The van der Waals surface area contributed by atoms with Crippen LogP contribution in [0.2, 0.25) is 0 Å². The van der Waals surface area contributed by atoms with Crippen molar-refractivity contribution in [1.29, 1.82) is 0 Å². The molecule has 0 bridgehead atoms. The van der Waals surface area contributed by atoms with Crippen LogP contribution in [0.25, 0.3) is 11.3 Å². The number of halogens is 1. The molecule has 0 spiro atoms. The molecule has 1 atom stereocenters. The van der Waals surface area contributed by atoms with Crippen LogP contribution >= 0.6 is 0 Å². The molecule has 0 radical (unpaired) electrons. The van der Waals surface area contributed by atoms with E-state index in [2.05, 4.69) is 25.4 Å². The minimum atomic E-state index is -0.262. The van der Waals surface area contributed by atoms with E-state index in [0.29, 0.717) is 12.1 Å². The quantitative estimate of drug-likeness (QED) is 0.745. The first-order valence-electron chi connectivity index (χ1n) is 8.96. The summed E-state index contributed by atoms with van der Waals surface area (Å²) in [6, 6.07) is 11.7. The lowest BCUT2D eigenvalue weighted by molar-refractivity contribution is 0.0933. The summed E-state index contributed by atoms with van der Waals surface area (Å²) in [5, 5.41) is 10.5. The molecule has 27 heavy (non-hydrogen) atoms. The molecule has 7 heteroatoms. The van der Waals surface area contributed by atoms with E-state index in [1.165, 1.54) is 12.1 Å². The van der Waals surface area contributed by atoms with Crippen LogP contribution in [0.5, 0.6) is 0 Å². The number of aromatic nitrogens is 3. The number of anilines is 1. The van der Waals surface area contributed by atoms with Crippen molar-refractivity contribution >= 4 is 11.7 Å². The maximum atomic E-state index is 13.1. The van der Waals surface area contributed by atoms with E-state index >= 15 is 0 Å². The van der Waals surface area contributed by atoms with Gasteiger partial charge in [-0.2, -0.15) is 5.10 Å². The highest BCUT2D eigenvalue weighted by atomic mass is 19.1. The number of H-pyrrole nitrogens is 1. The molecule has 1 amide bonds. The van der Waals surface area contributed by atoms with Crippen LogP contribution in [-0.4, -0.2) is 40.2 Å². The summed E-state index contributed by atoms with van der Waals surface area (Å²) < 4.78 is 13.1. The Hall–Kier alpha value is -3.22. The number of rotatable bonds is 4. The molecule has 1 aliphatic heterocycles. The molecule has 0 saturated carbocycles. The van der Waals surface area contributed by atoms with Gasteiger partial charge in [-0.3, -0.25) is 14.9 Å². The van der Waals surface area contributed by atoms with Gasteiger partial charge in [-0.1, -0.05) is 0 Å². The van der Waals surface area contributed by atoms with Crippen molar-refractivity contribution in [3.63, 3.8) is 0 Å². The molecule has 4 rings (SSSR count). The summed E-state index contributed by atoms with van der Waals surface area (Å²) in [5.74, 6) is 0.484. The first kappa shape index (κ1) is 17.2. The molecule has 1 aromatic carbocycles. The van der Waals surface area contributed by atoms with Gasteiger partial charge < -0.3 is 10.2 Å². The van der Waals surface area contributed by atoms with Crippen LogP contribution in [0.1, 0.15) is 23.2 Å². The molecule has 1 unspecified atom stereocenters. The minimum absolute atomic E-state index is 0.0605. The Morgan fingerprint density at radius 2 is 1.96 bits per heavy atom. The molecule has 6 nitrogen and oxygen atoms in total. The van der Waals surface area contributed by atoms with Gasteiger partial charge in [-0.15, -0.1) is 0 Å². The Bertz CT molecular complexity index is 910. The minimum Gasteiger partial charge on any atom is -0.353 e. The second-order valence-electron chi connectivity index (χ2n) is 6.64. The third-order valence-electron chi connectivity index (χ3n) is 4.74. The Kier molecular flexibility index (Phi) is 4.82. The van der Waals surface area contributed by atoms with Crippen LogP contribution < -0.4 is 10.2 Å². The van der Waals surface area contributed by atoms with E-state index in [1.54, 1.807) is 36.7 Å². The normalized spacial score (nSPS) is 16.9. The Morgan fingerprint density at radius 1 is 1.19 bits per heavy atom. The summed E-state index contributed by atoms with van der Waals surface area (Å²) in [7, 11) is 0. The van der Waals surface area contributed by atoms with Gasteiger partial charge in [0.25, 0.3) is 5.91 Å². The first-order chi connectivity index (χ1) is 13.2. The molecular formula is C20H20FN5O. The molecule has 2 aromatic heterocycles. The SMILES string of the molecule is O=C(NC1CCCN(c2cc(-c3ccc(F)cc3)[nH]n2)C1)c1ccncc1. The predicted octanol–water partition coefficient (Wildman–Crippen LogP) is 3.01. The molecular weight excluding hydrogens is 345 g/mol. The number of nitrogens with one attached hydrogen (secondary N) is 2. The molecule has 138 valence electrons. The van der Waals surface area contributed by atoms with Crippen molar-refractivity contribution in [3.8, 4) is 11.3 Å². The Morgan fingerprint density at radius 3 is 2.74 bits per heavy atom. The van der Waals surface area contributed by atoms with Crippen molar-refractivity contribution in [2.75, 3.05) is 18.0 Å². The fourth-order valence-corrected chi connectivity index (χ4v) is 3.33. The van der Waals surface area contributed by atoms with Crippen molar-refractivity contribution in [2.45, 2.75) is 18.9 Å². The van der Waals surface area contributed by atoms with Gasteiger partial charge in [-0.25, -0.2) is 4.39 Å². The van der Waals surface area contributed by atoms with E-state index < -0.39 is 0 Å². The molecule has 2 N–H and O–H groups in total. The van der Waals surface area contributed by atoms with E-state index in [1.807, 2.05) is 6.07 Å². The lowest BCUT2D eigenvalue weighted by Gasteiger charge is -2.33. The number of amides is 1. The zero-order valence-electron chi connectivity index (χ0n) is 14.7. The largest absolute Gasteiger partial charge is 0.353 e. The highest BCUT2D eigenvalue weighted by molar-refractivity contribution is 5.94. The standard InChI is InChI=1S/C20H20FN5O/c21-16-5-3-14(4-6-16)18-12-19(25-24-18)26-11-1-2-17(13-26)23-20(27)15-7-9-22-10-8-15/h3-10,12,17H,1-2,11,13H2,(H,23,27)(H,24,25). The number of benzene rings is 1. The smallest absolute Gasteiger partial charge is 0.251 e. The third kappa shape index (κ3) is 3.97. The fourth-order valence-electron chi connectivity index (χ4n) is 3.33. The molecule has 3 heterocycles. The molecule has 1 saturated heterocycles. The van der Waals surface area contributed by atoms with Crippen LogP contribution in [0.4, 0.5) is 10.2 Å². The Labute approximate surface area is 156 Å². The summed E-state index contributed by atoms with van der Waals surface area (Å²) in [5.41, 5.74) is 2.34. The number of pyridine rings is 1. The zero-order valence-corrected chi connectivity index (χ0v) is 14.7. The van der Waals surface area contributed by atoms with Gasteiger partial charge >= 0.3 is 0 Å². The average molecular weight is 365 g/mol. The van der Waals surface area contributed by atoms with E-state index in [9.17, 15) is 9.18 Å². The lowest BCUT2D eigenvalue weighted by Crippen LogP contribution is -2.48. The van der Waals surface area contributed by atoms with Crippen LogP contribution in [-0.2, 0) is 0 Å². The second-order valence-corrected chi connectivity index (χ2v) is 6.64. The zero-order chi connectivity index (χ0) is 18.6. The van der Waals surface area contributed by atoms with Gasteiger partial charge in [0.15, 0.2) is 5.82 Å².